The van der Waals surface area contributed by atoms with Crippen LogP contribution in [0.5, 0.6) is 17.2 Å². The summed E-state index contributed by atoms with van der Waals surface area (Å²) in [5.74, 6) is 1.13. The highest BCUT2D eigenvalue weighted by molar-refractivity contribution is 9.10. The van der Waals surface area contributed by atoms with Gasteiger partial charge in [-0.25, -0.2) is 9.79 Å². The van der Waals surface area contributed by atoms with Crippen molar-refractivity contribution in [1.82, 2.24) is 4.57 Å². The minimum absolute atomic E-state index is 0.181. The van der Waals surface area contributed by atoms with Crippen LogP contribution in [0, 0.1) is 0 Å². The lowest BCUT2D eigenvalue weighted by atomic mass is 9.95. The van der Waals surface area contributed by atoms with Crippen molar-refractivity contribution < 1.29 is 23.7 Å². The summed E-state index contributed by atoms with van der Waals surface area (Å²) in [6.07, 6.45) is 1.80. The van der Waals surface area contributed by atoms with E-state index in [4.69, 9.17) is 18.9 Å². The van der Waals surface area contributed by atoms with Crippen LogP contribution in [0.2, 0.25) is 0 Å². The molecule has 1 aliphatic rings. The fourth-order valence-electron chi connectivity index (χ4n) is 4.88. The molecule has 0 spiro atoms. The lowest BCUT2D eigenvalue weighted by Crippen LogP contribution is -2.40. The number of aromatic nitrogens is 1. The van der Waals surface area contributed by atoms with Crippen LogP contribution < -0.4 is 29.1 Å². The number of para-hydroxylation sites is 1. The summed E-state index contributed by atoms with van der Waals surface area (Å²) in [5, 5.41) is 0. The molecule has 0 bridgehead atoms. The number of halogens is 1. The average Bonchev–Trinajstić information content (AvgIpc) is 3.31. The predicted molar refractivity (Wildman–Crippen MR) is 169 cm³/mol. The fourth-order valence-corrected chi connectivity index (χ4v) is 6.46. The molecular formula is C33H31BrN2O6S. The molecule has 2 heterocycles. The molecule has 0 radical (unpaired) electrons. The van der Waals surface area contributed by atoms with Crippen LogP contribution in [0.4, 0.5) is 0 Å². The third-order valence-electron chi connectivity index (χ3n) is 6.84. The Balaban J connectivity index is 1.66. The Morgan fingerprint density at radius 2 is 1.74 bits per heavy atom. The topological polar surface area (TPSA) is 88.4 Å². The van der Waals surface area contributed by atoms with E-state index in [1.54, 1.807) is 43.7 Å². The van der Waals surface area contributed by atoms with Gasteiger partial charge in [0.05, 0.1) is 42.2 Å². The van der Waals surface area contributed by atoms with E-state index in [0.717, 1.165) is 11.1 Å². The summed E-state index contributed by atoms with van der Waals surface area (Å²) >= 11 is 4.91. The van der Waals surface area contributed by atoms with Gasteiger partial charge in [-0.15, -0.1) is 0 Å². The van der Waals surface area contributed by atoms with Crippen molar-refractivity contribution in [3.05, 3.63) is 119 Å². The van der Waals surface area contributed by atoms with Gasteiger partial charge in [-0.05, 0) is 56.2 Å². The molecule has 222 valence electrons. The standard InChI is InChI=1S/C33H31BrN2O6S/c1-5-40-27-18-24(34)23(17-26(27)39-4)30-29(32(38)41-6-2)20(3)35-33-36(30)31(37)28(43-33)16-22-14-10-11-15-25(22)42-19-21-12-8-7-9-13-21/h7-18,30H,5-6,19H2,1-4H3/b28-16+/t30-/m0/s1. The van der Waals surface area contributed by atoms with E-state index in [2.05, 4.69) is 20.9 Å². The maximum absolute atomic E-state index is 14.2. The van der Waals surface area contributed by atoms with E-state index >= 15 is 0 Å². The van der Waals surface area contributed by atoms with Crippen molar-refractivity contribution in [3.8, 4) is 17.2 Å². The van der Waals surface area contributed by atoms with Gasteiger partial charge in [0.15, 0.2) is 16.3 Å². The Kier molecular flexibility index (Phi) is 9.47. The van der Waals surface area contributed by atoms with Gasteiger partial charge in [-0.1, -0.05) is 75.8 Å². The summed E-state index contributed by atoms with van der Waals surface area (Å²) in [6.45, 7) is 6.40. The molecule has 1 atom stereocenters. The summed E-state index contributed by atoms with van der Waals surface area (Å²) in [6, 6.07) is 20.2. The SMILES string of the molecule is CCOC(=O)C1=C(C)N=c2s/c(=C/c3ccccc3OCc3ccccc3)c(=O)n2[C@H]1c1cc(OC)c(OCC)cc1Br. The summed E-state index contributed by atoms with van der Waals surface area (Å²) in [5.41, 5.74) is 2.89. The molecule has 0 fully saturated rings. The van der Waals surface area contributed by atoms with E-state index in [0.29, 0.717) is 55.5 Å². The van der Waals surface area contributed by atoms with Gasteiger partial charge in [-0.2, -0.15) is 0 Å². The Morgan fingerprint density at radius 3 is 2.47 bits per heavy atom. The molecule has 4 aromatic rings. The van der Waals surface area contributed by atoms with Crippen molar-refractivity contribution in [1.29, 1.82) is 0 Å². The Hall–Kier alpha value is -4.15. The zero-order chi connectivity index (χ0) is 30.5. The number of carbonyl (C=O) groups excluding carboxylic acids is 1. The number of benzene rings is 3. The third-order valence-corrected chi connectivity index (χ3v) is 8.51. The van der Waals surface area contributed by atoms with Crippen LogP contribution in [-0.2, 0) is 16.1 Å². The molecule has 10 heteroatoms. The lowest BCUT2D eigenvalue weighted by Gasteiger charge is -2.26. The predicted octanol–water partition coefficient (Wildman–Crippen LogP) is 5.55. The number of rotatable bonds is 10. The summed E-state index contributed by atoms with van der Waals surface area (Å²) in [7, 11) is 1.55. The van der Waals surface area contributed by atoms with E-state index in [1.807, 2.05) is 61.5 Å². The number of hydrogen-bond acceptors (Lipinski definition) is 8. The second-order valence-corrected chi connectivity index (χ2v) is 11.4. The number of esters is 1. The molecular weight excluding hydrogens is 632 g/mol. The van der Waals surface area contributed by atoms with E-state index < -0.39 is 12.0 Å². The Labute approximate surface area is 261 Å². The van der Waals surface area contributed by atoms with Crippen LogP contribution in [0.25, 0.3) is 6.08 Å². The first kappa shape index (κ1) is 30.3. The zero-order valence-corrected chi connectivity index (χ0v) is 26.7. The highest BCUT2D eigenvalue weighted by Gasteiger charge is 2.35. The summed E-state index contributed by atoms with van der Waals surface area (Å²) < 4.78 is 25.6. The largest absolute Gasteiger partial charge is 0.493 e. The molecule has 1 aliphatic heterocycles. The molecule has 0 amide bonds. The normalized spacial score (nSPS) is 14.6. The van der Waals surface area contributed by atoms with E-state index in [9.17, 15) is 9.59 Å². The van der Waals surface area contributed by atoms with Gasteiger partial charge in [0.2, 0.25) is 0 Å². The van der Waals surface area contributed by atoms with Gasteiger partial charge >= 0.3 is 5.97 Å². The minimum Gasteiger partial charge on any atom is -0.493 e. The van der Waals surface area contributed by atoms with E-state index in [-0.39, 0.29) is 17.7 Å². The van der Waals surface area contributed by atoms with Crippen molar-refractivity contribution in [2.45, 2.75) is 33.4 Å². The highest BCUT2D eigenvalue weighted by Crippen LogP contribution is 2.41. The van der Waals surface area contributed by atoms with Crippen LogP contribution in [-0.4, -0.2) is 30.9 Å². The number of methoxy groups -OCH3 is 1. The monoisotopic (exact) mass is 662 g/mol. The van der Waals surface area contributed by atoms with Gasteiger partial charge < -0.3 is 18.9 Å². The maximum atomic E-state index is 14.2. The third kappa shape index (κ3) is 6.30. The first-order chi connectivity index (χ1) is 20.9. The number of thiazole rings is 1. The average molecular weight is 664 g/mol. The van der Waals surface area contributed by atoms with Crippen molar-refractivity contribution in [3.63, 3.8) is 0 Å². The Bertz CT molecular complexity index is 1860. The zero-order valence-electron chi connectivity index (χ0n) is 24.3. The second kappa shape index (κ2) is 13.4. The summed E-state index contributed by atoms with van der Waals surface area (Å²) in [4.78, 5) is 32.6. The molecule has 0 saturated carbocycles. The van der Waals surface area contributed by atoms with Crippen molar-refractivity contribution in [2.24, 2.45) is 4.99 Å². The maximum Gasteiger partial charge on any atom is 0.338 e. The molecule has 0 aliphatic carbocycles. The lowest BCUT2D eigenvalue weighted by molar-refractivity contribution is -0.139. The second-order valence-electron chi connectivity index (χ2n) is 9.57. The van der Waals surface area contributed by atoms with Gasteiger partial charge in [0.25, 0.3) is 5.56 Å². The van der Waals surface area contributed by atoms with E-state index in [1.165, 1.54) is 11.3 Å². The van der Waals surface area contributed by atoms with Crippen LogP contribution >= 0.6 is 27.3 Å². The highest BCUT2D eigenvalue weighted by atomic mass is 79.9. The number of allylic oxidation sites excluding steroid dienone is 1. The number of nitrogens with zero attached hydrogens (tertiary/aromatic N) is 2. The van der Waals surface area contributed by atoms with Crippen molar-refractivity contribution in [2.75, 3.05) is 20.3 Å². The van der Waals surface area contributed by atoms with Crippen LogP contribution in [0.3, 0.4) is 0 Å². The number of fused-ring (bicyclic) bond motifs is 1. The minimum atomic E-state index is -0.819. The molecule has 5 rings (SSSR count). The van der Waals surface area contributed by atoms with Crippen LogP contribution in [0.15, 0.2) is 92.3 Å². The Morgan fingerprint density at radius 1 is 1.00 bits per heavy atom. The van der Waals surface area contributed by atoms with Gasteiger partial charge in [0, 0.05) is 10.0 Å². The first-order valence-electron chi connectivity index (χ1n) is 13.8. The smallest absolute Gasteiger partial charge is 0.338 e. The number of carbonyl (C=O) groups is 1. The van der Waals surface area contributed by atoms with Gasteiger partial charge in [0.1, 0.15) is 12.4 Å². The molecule has 0 saturated heterocycles. The van der Waals surface area contributed by atoms with Crippen LogP contribution in [0.1, 0.15) is 43.5 Å². The molecule has 1 aromatic heterocycles. The number of ether oxygens (including phenoxy) is 4. The number of hydrogen-bond donors (Lipinski definition) is 0. The molecule has 43 heavy (non-hydrogen) atoms. The molecule has 3 aromatic carbocycles. The molecule has 0 N–H and O–H groups in total. The fraction of sp³-hybridized carbons (Fsp3) is 0.242. The first-order valence-corrected chi connectivity index (χ1v) is 15.4. The van der Waals surface area contributed by atoms with Gasteiger partial charge in [-0.3, -0.25) is 9.36 Å². The van der Waals surface area contributed by atoms with Crippen molar-refractivity contribution >= 4 is 39.3 Å². The quantitative estimate of drug-likeness (QED) is 0.207. The molecule has 8 nitrogen and oxygen atoms in total. The molecule has 0 unspecified atom stereocenters.